The van der Waals surface area contributed by atoms with Crippen molar-refractivity contribution in [1.82, 2.24) is 0 Å². The van der Waals surface area contributed by atoms with Crippen molar-refractivity contribution in [3.05, 3.63) is 35.9 Å². The van der Waals surface area contributed by atoms with Crippen molar-refractivity contribution in [2.75, 3.05) is 0 Å². The summed E-state index contributed by atoms with van der Waals surface area (Å²) in [7, 11) is 0. The third-order valence-corrected chi connectivity index (χ3v) is 3.25. The van der Waals surface area contributed by atoms with E-state index in [0.717, 1.165) is 0 Å². The number of carbonyl (C=O) groups is 2. The molecule has 0 N–H and O–H groups in total. The summed E-state index contributed by atoms with van der Waals surface area (Å²) in [5.74, 6) is -3.10. The molecule has 0 radical (unpaired) electrons. The van der Waals surface area contributed by atoms with Crippen LogP contribution in [0.5, 0.6) is 0 Å². The molecule has 1 aromatic carbocycles. The van der Waals surface area contributed by atoms with Crippen LogP contribution in [0.15, 0.2) is 30.3 Å². The zero-order valence-electron chi connectivity index (χ0n) is 10.5. The lowest BCUT2D eigenvalue weighted by Crippen LogP contribution is -2.48. The molecule has 0 aromatic heterocycles. The molecule has 2 rings (SSSR count). The molecule has 0 bridgehead atoms. The van der Waals surface area contributed by atoms with Crippen LogP contribution in [0.3, 0.4) is 0 Å². The van der Waals surface area contributed by atoms with Crippen molar-refractivity contribution >= 4 is 11.9 Å². The van der Waals surface area contributed by atoms with Gasteiger partial charge >= 0.3 is 11.9 Å². The molecule has 4 nitrogen and oxygen atoms in total. The van der Waals surface area contributed by atoms with Gasteiger partial charge in [0.2, 0.25) is 0 Å². The predicted octanol–water partition coefficient (Wildman–Crippen LogP) is 2.39. The van der Waals surface area contributed by atoms with E-state index >= 15 is 0 Å². The fraction of sp³-hybridized carbons (Fsp3) is 0.429. The van der Waals surface area contributed by atoms with E-state index in [-0.39, 0.29) is 0 Å². The third-order valence-electron chi connectivity index (χ3n) is 3.25. The van der Waals surface area contributed by atoms with Crippen LogP contribution in [-0.2, 0) is 19.1 Å². The molecular weight excluding hydrogens is 232 g/mol. The van der Waals surface area contributed by atoms with E-state index in [1.807, 2.05) is 19.9 Å². The number of rotatable bonds is 3. The van der Waals surface area contributed by atoms with Crippen LogP contribution in [0.2, 0.25) is 0 Å². The largest absolute Gasteiger partial charge is 0.422 e. The van der Waals surface area contributed by atoms with Crippen LogP contribution < -0.4 is 0 Å². The Morgan fingerprint density at radius 3 is 1.94 bits per heavy atom. The van der Waals surface area contributed by atoms with E-state index < -0.39 is 23.6 Å². The van der Waals surface area contributed by atoms with Gasteiger partial charge in [-0.2, -0.15) is 0 Å². The monoisotopic (exact) mass is 248 g/mol. The fourth-order valence-electron chi connectivity index (χ4n) is 2.06. The summed E-state index contributed by atoms with van der Waals surface area (Å²) in [5, 5.41) is 0. The molecule has 96 valence electrons. The van der Waals surface area contributed by atoms with Crippen LogP contribution in [0, 0.1) is 0 Å². The maximum atomic E-state index is 12.0. The van der Waals surface area contributed by atoms with Gasteiger partial charge in [0.05, 0.1) is 0 Å². The number of carbonyl (C=O) groups excluding carboxylic acids is 2. The Bertz CT molecular complexity index is 428. The van der Waals surface area contributed by atoms with E-state index in [2.05, 4.69) is 0 Å². The van der Waals surface area contributed by atoms with Crippen molar-refractivity contribution in [3.8, 4) is 0 Å². The summed E-state index contributed by atoms with van der Waals surface area (Å²) in [6.45, 7) is 3.65. The van der Waals surface area contributed by atoms with Crippen molar-refractivity contribution in [2.45, 2.75) is 38.4 Å². The zero-order valence-corrected chi connectivity index (χ0v) is 10.5. The predicted molar refractivity (Wildman–Crippen MR) is 64.7 cm³/mol. The fourth-order valence-corrected chi connectivity index (χ4v) is 2.06. The minimum absolute atomic E-state index is 0.461. The van der Waals surface area contributed by atoms with Crippen LogP contribution in [-0.4, -0.2) is 17.7 Å². The highest BCUT2D eigenvalue weighted by Crippen LogP contribution is 2.34. The highest BCUT2D eigenvalue weighted by atomic mass is 16.7. The average molecular weight is 248 g/mol. The number of hydrogen-bond donors (Lipinski definition) is 0. The van der Waals surface area contributed by atoms with Gasteiger partial charge in [-0.25, -0.2) is 0 Å². The molecule has 0 unspecified atom stereocenters. The van der Waals surface area contributed by atoms with Gasteiger partial charge in [-0.15, -0.1) is 0 Å². The summed E-state index contributed by atoms with van der Waals surface area (Å²) in [6, 6.07) is 8.82. The molecule has 0 atom stereocenters. The first-order valence-corrected chi connectivity index (χ1v) is 6.12. The average Bonchev–Trinajstić information content (AvgIpc) is 2.39. The molecule has 1 aliphatic heterocycles. The van der Waals surface area contributed by atoms with Gasteiger partial charge in [0.15, 0.2) is 5.92 Å². The topological polar surface area (TPSA) is 52.6 Å². The molecule has 18 heavy (non-hydrogen) atoms. The number of ether oxygens (including phenoxy) is 2. The molecule has 0 amide bonds. The number of benzene rings is 1. The third kappa shape index (κ3) is 2.10. The molecule has 1 fully saturated rings. The normalized spacial score (nSPS) is 19.2. The molecule has 0 saturated carbocycles. The molecule has 1 saturated heterocycles. The van der Waals surface area contributed by atoms with Gasteiger partial charge in [-0.3, -0.25) is 9.59 Å². The van der Waals surface area contributed by atoms with Gasteiger partial charge in [0.1, 0.15) is 0 Å². The molecule has 4 heteroatoms. The second-order valence-electron chi connectivity index (χ2n) is 4.30. The Balaban J connectivity index is 2.28. The Kier molecular flexibility index (Phi) is 3.36. The van der Waals surface area contributed by atoms with Gasteiger partial charge in [0, 0.05) is 12.8 Å². The first-order valence-electron chi connectivity index (χ1n) is 6.12. The lowest BCUT2D eigenvalue weighted by molar-refractivity contribution is -0.249. The van der Waals surface area contributed by atoms with Crippen LogP contribution in [0.25, 0.3) is 0 Å². The van der Waals surface area contributed by atoms with Gasteiger partial charge < -0.3 is 9.47 Å². The minimum Gasteiger partial charge on any atom is -0.422 e. The van der Waals surface area contributed by atoms with Crippen molar-refractivity contribution in [1.29, 1.82) is 0 Å². The molecule has 0 aliphatic carbocycles. The summed E-state index contributed by atoms with van der Waals surface area (Å²) < 4.78 is 10.7. The zero-order chi connectivity index (χ0) is 13.2. The number of cyclic esters (lactones) is 2. The summed E-state index contributed by atoms with van der Waals surface area (Å²) >= 11 is 0. The van der Waals surface area contributed by atoms with E-state index in [1.165, 1.54) is 0 Å². The Hall–Kier alpha value is -1.84. The van der Waals surface area contributed by atoms with E-state index in [1.54, 1.807) is 24.3 Å². The van der Waals surface area contributed by atoms with Crippen LogP contribution in [0.4, 0.5) is 0 Å². The van der Waals surface area contributed by atoms with Crippen LogP contribution >= 0.6 is 0 Å². The standard InChI is InChI=1S/C14H16O4/c1-3-14(4-2)17-12(15)11(13(16)18-14)10-8-6-5-7-9-10/h5-9,11H,3-4H2,1-2H3. The van der Waals surface area contributed by atoms with Gasteiger partial charge in [-0.1, -0.05) is 44.2 Å². The highest BCUT2D eigenvalue weighted by molar-refractivity contribution is 6.02. The first kappa shape index (κ1) is 12.6. The van der Waals surface area contributed by atoms with Gasteiger partial charge in [0.25, 0.3) is 5.79 Å². The molecule has 1 aliphatic rings. The SMILES string of the molecule is CCC1(CC)OC(=O)C(c2ccccc2)C(=O)O1. The Labute approximate surface area is 106 Å². The maximum absolute atomic E-state index is 12.0. The molecule has 1 aromatic rings. The lowest BCUT2D eigenvalue weighted by Gasteiger charge is -2.37. The van der Waals surface area contributed by atoms with E-state index in [4.69, 9.17) is 9.47 Å². The molecule has 1 heterocycles. The van der Waals surface area contributed by atoms with Crippen molar-refractivity contribution in [2.24, 2.45) is 0 Å². The number of hydrogen-bond acceptors (Lipinski definition) is 4. The summed E-state index contributed by atoms with van der Waals surface area (Å²) in [6.07, 6.45) is 0.922. The highest BCUT2D eigenvalue weighted by Gasteiger charge is 2.47. The Morgan fingerprint density at radius 1 is 1.00 bits per heavy atom. The number of esters is 2. The first-order chi connectivity index (χ1) is 8.62. The second kappa shape index (κ2) is 4.80. The van der Waals surface area contributed by atoms with E-state index in [0.29, 0.717) is 18.4 Å². The lowest BCUT2D eigenvalue weighted by atomic mass is 9.97. The molecular formula is C14H16O4. The van der Waals surface area contributed by atoms with Crippen LogP contribution in [0.1, 0.15) is 38.2 Å². The quantitative estimate of drug-likeness (QED) is 0.608. The van der Waals surface area contributed by atoms with E-state index in [9.17, 15) is 9.59 Å². The Morgan fingerprint density at radius 2 is 1.50 bits per heavy atom. The smallest absolute Gasteiger partial charge is 0.328 e. The second-order valence-corrected chi connectivity index (χ2v) is 4.30. The summed E-state index contributed by atoms with van der Waals surface area (Å²) in [5.41, 5.74) is 0.605. The molecule has 0 spiro atoms. The van der Waals surface area contributed by atoms with Crippen molar-refractivity contribution < 1.29 is 19.1 Å². The summed E-state index contributed by atoms with van der Waals surface area (Å²) in [4.78, 5) is 24.0. The van der Waals surface area contributed by atoms with Gasteiger partial charge in [-0.05, 0) is 5.56 Å². The maximum Gasteiger partial charge on any atom is 0.328 e. The van der Waals surface area contributed by atoms with Crippen molar-refractivity contribution in [3.63, 3.8) is 0 Å². The minimum atomic E-state index is -1.08.